The van der Waals surface area contributed by atoms with Gasteiger partial charge in [-0.05, 0) is 44.4 Å². The average molecular weight is 361 g/mol. The number of thioether (sulfide) groups is 1. The average Bonchev–Trinajstić information content (AvgIpc) is 2.86. The van der Waals surface area contributed by atoms with Crippen LogP contribution >= 0.6 is 23.1 Å². The van der Waals surface area contributed by atoms with Crippen LogP contribution in [0, 0.1) is 13.8 Å². The van der Waals surface area contributed by atoms with Crippen LogP contribution in [0.1, 0.15) is 23.3 Å². The summed E-state index contributed by atoms with van der Waals surface area (Å²) in [5, 5.41) is 1.44. The smallest absolute Gasteiger partial charge is 0.260 e. The lowest BCUT2D eigenvalue weighted by atomic mass is 10.2. The standard InChI is InChI=1S/C18H20N2O2S2/c1-12-13(2)24-17-15(12)16(21)19-18(20-17)23-11-7-6-10-22-14-8-4-3-5-9-14/h3-5,8-9H,6-7,10-11H2,1-2H3,(H,19,20,21). The van der Waals surface area contributed by atoms with Crippen molar-refractivity contribution < 1.29 is 4.74 Å². The van der Waals surface area contributed by atoms with Gasteiger partial charge in [0.1, 0.15) is 10.6 Å². The molecule has 4 nitrogen and oxygen atoms in total. The predicted octanol–water partition coefficient (Wildman–Crippen LogP) is 4.55. The van der Waals surface area contributed by atoms with Gasteiger partial charge < -0.3 is 9.72 Å². The number of aromatic amines is 1. The first kappa shape index (κ1) is 17.0. The van der Waals surface area contributed by atoms with Gasteiger partial charge in [0.2, 0.25) is 0 Å². The topological polar surface area (TPSA) is 55.0 Å². The van der Waals surface area contributed by atoms with Gasteiger partial charge in [-0.3, -0.25) is 4.79 Å². The summed E-state index contributed by atoms with van der Waals surface area (Å²) in [6, 6.07) is 9.84. The number of rotatable bonds is 7. The normalized spacial score (nSPS) is 11.1. The molecule has 0 unspecified atom stereocenters. The van der Waals surface area contributed by atoms with Crippen molar-refractivity contribution in [3.05, 3.63) is 51.1 Å². The second-order valence-electron chi connectivity index (χ2n) is 5.55. The first-order valence-corrected chi connectivity index (χ1v) is 9.76. The van der Waals surface area contributed by atoms with Gasteiger partial charge in [-0.2, -0.15) is 0 Å². The van der Waals surface area contributed by atoms with Gasteiger partial charge in [0.15, 0.2) is 5.16 Å². The van der Waals surface area contributed by atoms with Crippen molar-refractivity contribution in [2.24, 2.45) is 0 Å². The summed E-state index contributed by atoms with van der Waals surface area (Å²) in [6.45, 7) is 4.71. The molecule has 0 aliphatic rings. The van der Waals surface area contributed by atoms with Crippen LogP contribution in [0.5, 0.6) is 5.75 Å². The first-order chi connectivity index (χ1) is 11.6. The lowest BCUT2D eigenvalue weighted by Crippen LogP contribution is -2.09. The number of ether oxygens (including phenoxy) is 1. The van der Waals surface area contributed by atoms with E-state index in [-0.39, 0.29) is 5.56 Å². The Morgan fingerprint density at radius 3 is 2.79 bits per heavy atom. The van der Waals surface area contributed by atoms with Gasteiger partial charge >= 0.3 is 0 Å². The van der Waals surface area contributed by atoms with Crippen molar-refractivity contribution in [2.75, 3.05) is 12.4 Å². The van der Waals surface area contributed by atoms with E-state index in [0.29, 0.717) is 11.8 Å². The highest BCUT2D eigenvalue weighted by Gasteiger charge is 2.11. The fourth-order valence-corrected chi connectivity index (χ4v) is 4.33. The van der Waals surface area contributed by atoms with E-state index in [9.17, 15) is 4.79 Å². The van der Waals surface area contributed by atoms with Crippen LogP contribution in [0.3, 0.4) is 0 Å². The Balaban J connectivity index is 1.48. The van der Waals surface area contributed by atoms with E-state index in [0.717, 1.165) is 45.0 Å². The van der Waals surface area contributed by atoms with E-state index in [1.54, 1.807) is 23.1 Å². The lowest BCUT2D eigenvalue weighted by Gasteiger charge is -2.05. The van der Waals surface area contributed by atoms with Crippen LogP contribution < -0.4 is 10.3 Å². The SMILES string of the molecule is Cc1sc2nc(SCCCCOc3ccccc3)[nH]c(=O)c2c1C. The van der Waals surface area contributed by atoms with E-state index in [2.05, 4.69) is 9.97 Å². The van der Waals surface area contributed by atoms with Crippen LogP contribution in [0.4, 0.5) is 0 Å². The first-order valence-electron chi connectivity index (χ1n) is 7.96. The minimum Gasteiger partial charge on any atom is -0.494 e. The molecule has 0 amide bonds. The lowest BCUT2D eigenvalue weighted by molar-refractivity contribution is 0.310. The monoisotopic (exact) mass is 360 g/mol. The van der Waals surface area contributed by atoms with Crippen LogP contribution in [0.15, 0.2) is 40.3 Å². The largest absolute Gasteiger partial charge is 0.494 e. The zero-order chi connectivity index (χ0) is 16.9. The molecule has 2 heterocycles. The van der Waals surface area contributed by atoms with Crippen LogP contribution in [-0.4, -0.2) is 22.3 Å². The number of hydrogen-bond donors (Lipinski definition) is 1. The summed E-state index contributed by atoms with van der Waals surface area (Å²) in [7, 11) is 0. The summed E-state index contributed by atoms with van der Waals surface area (Å²) in [4.78, 5) is 21.7. The van der Waals surface area contributed by atoms with Crippen molar-refractivity contribution in [3.63, 3.8) is 0 Å². The molecule has 3 aromatic rings. The molecule has 1 N–H and O–H groups in total. The fourth-order valence-electron chi connectivity index (χ4n) is 2.38. The zero-order valence-corrected chi connectivity index (χ0v) is 15.4. The molecule has 2 aromatic heterocycles. The maximum Gasteiger partial charge on any atom is 0.260 e. The van der Waals surface area contributed by atoms with Gasteiger partial charge in [-0.15, -0.1) is 11.3 Å². The fraction of sp³-hybridized carbons (Fsp3) is 0.333. The quantitative estimate of drug-likeness (QED) is 0.381. The highest BCUT2D eigenvalue weighted by Crippen LogP contribution is 2.27. The van der Waals surface area contributed by atoms with Crippen molar-refractivity contribution in [1.82, 2.24) is 9.97 Å². The van der Waals surface area contributed by atoms with Crippen LogP contribution in [0.25, 0.3) is 10.2 Å². The van der Waals surface area contributed by atoms with Gasteiger partial charge in [-0.1, -0.05) is 30.0 Å². The second-order valence-corrected chi connectivity index (χ2v) is 7.84. The van der Waals surface area contributed by atoms with Crippen molar-refractivity contribution in [1.29, 1.82) is 0 Å². The predicted molar refractivity (Wildman–Crippen MR) is 102 cm³/mol. The molecule has 0 radical (unpaired) electrons. The number of nitrogens with one attached hydrogen (secondary N) is 1. The van der Waals surface area contributed by atoms with E-state index in [1.807, 2.05) is 44.2 Å². The molecule has 0 fully saturated rings. The molecule has 0 aliphatic heterocycles. The number of benzene rings is 1. The molecular formula is C18H20N2O2S2. The summed E-state index contributed by atoms with van der Waals surface area (Å²) in [5.74, 6) is 1.82. The molecule has 6 heteroatoms. The van der Waals surface area contributed by atoms with E-state index < -0.39 is 0 Å². The number of thiophene rings is 1. The molecule has 0 saturated carbocycles. The van der Waals surface area contributed by atoms with Crippen LogP contribution in [0.2, 0.25) is 0 Å². The second kappa shape index (κ2) is 7.85. The number of fused-ring (bicyclic) bond motifs is 1. The van der Waals surface area contributed by atoms with Gasteiger partial charge in [0.05, 0.1) is 12.0 Å². The highest BCUT2D eigenvalue weighted by molar-refractivity contribution is 7.99. The Hall–Kier alpha value is -1.79. The third-order valence-corrected chi connectivity index (χ3v) is 5.87. The number of hydrogen-bond acceptors (Lipinski definition) is 5. The number of H-pyrrole nitrogens is 1. The molecule has 0 atom stereocenters. The maximum absolute atomic E-state index is 12.2. The Bertz CT molecular complexity index is 872. The molecule has 1 aromatic carbocycles. The molecule has 0 aliphatic carbocycles. The third-order valence-electron chi connectivity index (χ3n) is 3.81. The molecule has 24 heavy (non-hydrogen) atoms. The Morgan fingerprint density at radius 2 is 2.00 bits per heavy atom. The third kappa shape index (κ3) is 3.99. The summed E-state index contributed by atoms with van der Waals surface area (Å²) in [5.41, 5.74) is 1.01. The van der Waals surface area contributed by atoms with Crippen LogP contribution in [-0.2, 0) is 0 Å². The summed E-state index contributed by atoms with van der Waals surface area (Å²) < 4.78 is 5.67. The Labute approximate surface area is 149 Å². The van der Waals surface area contributed by atoms with Gasteiger partial charge in [0, 0.05) is 10.6 Å². The van der Waals surface area contributed by atoms with Crippen molar-refractivity contribution >= 4 is 33.3 Å². The molecule has 0 saturated heterocycles. The molecule has 0 bridgehead atoms. The van der Waals surface area contributed by atoms with E-state index >= 15 is 0 Å². The summed E-state index contributed by atoms with van der Waals surface area (Å²) >= 11 is 3.18. The van der Waals surface area contributed by atoms with E-state index in [1.165, 1.54) is 0 Å². The van der Waals surface area contributed by atoms with E-state index in [4.69, 9.17) is 4.74 Å². The summed E-state index contributed by atoms with van der Waals surface area (Å²) in [6.07, 6.45) is 1.99. The van der Waals surface area contributed by atoms with Gasteiger partial charge in [-0.25, -0.2) is 4.98 Å². The molecule has 3 rings (SSSR count). The van der Waals surface area contributed by atoms with Crippen molar-refractivity contribution in [3.8, 4) is 5.75 Å². The molecule has 0 spiro atoms. The molecule has 126 valence electrons. The highest BCUT2D eigenvalue weighted by atomic mass is 32.2. The Kier molecular flexibility index (Phi) is 5.58. The number of aryl methyl sites for hydroxylation is 2. The number of aromatic nitrogens is 2. The molecular weight excluding hydrogens is 340 g/mol. The number of nitrogens with zero attached hydrogens (tertiary/aromatic N) is 1. The minimum atomic E-state index is -0.0308. The van der Waals surface area contributed by atoms with Gasteiger partial charge in [0.25, 0.3) is 5.56 Å². The maximum atomic E-state index is 12.2. The number of para-hydroxylation sites is 1. The number of unbranched alkanes of at least 4 members (excludes halogenated alkanes) is 1. The minimum absolute atomic E-state index is 0.0308. The van der Waals surface area contributed by atoms with Crippen molar-refractivity contribution in [2.45, 2.75) is 31.8 Å². The Morgan fingerprint density at radius 1 is 1.21 bits per heavy atom. The zero-order valence-electron chi connectivity index (χ0n) is 13.8.